The third kappa shape index (κ3) is 2.62. The Morgan fingerprint density at radius 2 is 2.11 bits per heavy atom. The number of hydrogen-bond acceptors (Lipinski definition) is 2. The summed E-state index contributed by atoms with van der Waals surface area (Å²) in [6.45, 7) is 6.75. The molecule has 0 saturated carbocycles. The lowest BCUT2D eigenvalue weighted by atomic mass is 9.94. The van der Waals surface area contributed by atoms with Crippen molar-refractivity contribution >= 4 is 11.3 Å². The molecule has 1 aromatic carbocycles. The summed E-state index contributed by atoms with van der Waals surface area (Å²) in [5.41, 5.74) is 3.87. The molecule has 0 saturated heterocycles. The van der Waals surface area contributed by atoms with E-state index >= 15 is 0 Å². The third-order valence-corrected chi connectivity index (χ3v) is 3.76. The Kier molecular flexibility index (Phi) is 4.15. The van der Waals surface area contributed by atoms with Crippen molar-refractivity contribution in [1.29, 1.82) is 0 Å². The van der Waals surface area contributed by atoms with Gasteiger partial charge in [0.05, 0.1) is 6.04 Å². The van der Waals surface area contributed by atoms with E-state index in [4.69, 9.17) is 0 Å². The summed E-state index contributed by atoms with van der Waals surface area (Å²) >= 11 is 1.64. The van der Waals surface area contributed by atoms with E-state index in [1.54, 1.807) is 17.4 Å². The zero-order chi connectivity index (χ0) is 13.1. The van der Waals surface area contributed by atoms with Gasteiger partial charge in [-0.15, -0.1) is 0 Å². The highest BCUT2D eigenvalue weighted by Gasteiger charge is 2.19. The number of hydrogen-bond donors (Lipinski definition) is 1. The molecule has 0 bridgehead atoms. The summed E-state index contributed by atoms with van der Waals surface area (Å²) in [4.78, 5) is 0. The van der Waals surface area contributed by atoms with E-state index < -0.39 is 0 Å². The lowest BCUT2D eigenvalue weighted by molar-refractivity contribution is 0.556. The lowest BCUT2D eigenvalue weighted by Crippen LogP contribution is -2.23. The second kappa shape index (κ2) is 5.63. The third-order valence-electron chi connectivity index (χ3n) is 3.05. The molecule has 0 aliphatic carbocycles. The highest BCUT2D eigenvalue weighted by atomic mass is 32.1. The van der Waals surface area contributed by atoms with Gasteiger partial charge in [-0.3, -0.25) is 0 Å². The van der Waals surface area contributed by atoms with E-state index in [0.29, 0.717) is 0 Å². The fourth-order valence-corrected chi connectivity index (χ4v) is 3.01. The largest absolute Gasteiger partial charge is 0.306 e. The normalized spacial score (nSPS) is 12.7. The van der Waals surface area contributed by atoms with Gasteiger partial charge in [-0.2, -0.15) is 11.3 Å². The maximum atomic E-state index is 14.2. The summed E-state index contributed by atoms with van der Waals surface area (Å²) in [5, 5.41) is 7.47. The van der Waals surface area contributed by atoms with Gasteiger partial charge < -0.3 is 5.32 Å². The van der Waals surface area contributed by atoms with Crippen molar-refractivity contribution in [3.63, 3.8) is 0 Å². The molecule has 3 heteroatoms. The second-order valence-corrected chi connectivity index (χ2v) is 5.30. The number of nitrogens with one attached hydrogen (secondary N) is 1. The fourth-order valence-electron chi connectivity index (χ4n) is 2.32. The molecule has 1 atom stereocenters. The van der Waals surface area contributed by atoms with Crippen molar-refractivity contribution < 1.29 is 4.39 Å². The molecule has 2 rings (SSSR count). The number of rotatable bonds is 4. The molecule has 0 fully saturated rings. The minimum Gasteiger partial charge on any atom is -0.306 e. The Morgan fingerprint density at radius 1 is 1.33 bits per heavy atom. The van der Waals surface area contributed by atoms with Crippen LogP contribution in [0.1, 0.15) is 35.2 Å². The van der Waals surface area contributed by atoms with E-state index in [-0.39, 0.29) is 11.9 Å². The smallest absolute Gasteiger partial charge is 0.128 e. The standard InChI is InChI=1S/C15H18FNS/c1-4-17-15(12-5-6-18-9-12)14-11(3)7-10(2)8-13(14)16/h5-9,15,17H,4H2,1-3H3. The molecule has 1 aromatic heterocycles. The molecule has 1 unspecified atom stereocenters. The van der Waals surface area contributed by atoms with E-state index in [1.165, 1.54) is 0 Å². The molecule has 0 spiro atoms. The Bertz CT molecular complexity index is 496. The Hall–Kier alpha value is -1.19. The molecule has 0 aliphatic heterocycles. The highest BCUT2D eigenvalue weighted by Crippen LogP contribution is 2.29. The average Bonchev–Trinajstić information content (AvgIpc) is 2.79. The molecule has 1 N–H and O–H groups in total. The molecular weight excluding hydrogens is 245 g/mol. The van der Waals surface area contributed by atoms with Crippen LogP contribution in [0.3, 0.4) is 0 Å². The lowest BCUT2D eigenvalue weighted by Gasteiger charge is -2.20. The van der Waals surface area contributed by atoms with Crippen molar-refractivity contribution in [2.75, 3.05) is 6.54 Å². The van der Waals surface area contributed by atoms with Gasteiger partial charge >= 0.3 is 0 Å². The van der Waals surface area contributed by atoms with Gasteiger partial charge in [-0.25, -0.2) is 4.39 Å². The minimum atomic E-state index is -0.121. The molecule has 2 aromatic rings. The van der Waals surface area contributed by atoms with Gasteiger partial charge in [0.15, 0.2) is 0 Å². The van der Waals surface area contributed by atoms with Crippen LogP contribution in [0.15, 0.2) is 29.0 Å². The molecule has 0 aliphatic rings. The van der Waals surface area contributed by atoms with E-state index in [0.717, 1.165) is 28.8 Å². The summed E-state index contributed by atoms with van der Waals surface area (Å²) in [5.74, 6) is -0.121. The zero-order valence-electron chi connectivity index (χ0n) is 11.0. The maximum Gasteiger partial charge on any atom is 0.128 e. The first-order valence-corrected chi connectivity index (χ1v) is 7.10. The van der Waals surface area contributed by atoms with Gasteiger partial charge in [-0.05, 0) is 60.0 Å². The second-order valence-electron chi connectivity index (χ2n) is 4.52. The minimum absolute atomic E-state index is 0.0538. The summed E-state index contributed by atoms with van der Waals surface area (Å²) in [6, 6.07) is 5.65. The molecule has 96 valence electrons. The van der Waals surface area contributed by atoms with Crippen molar-refractivity contribution in [1.82, 2.24) is 5.32 Å². The van der Waals surface area contributed by atoms with Crippen LogP contribution in [0, 0.1) is 19.7 Å². The van der Waals surface area contributed by atoms with Crippen LogP contribution < -0.4 is 5.32 Å². The van der Waals surface area contributed by atoms with Crippen LogP contribution >= 0.6 is 11.3 Å². The van der Waals surface area contributed by atoms with Crippen LogP contribution in [0.4, 0.5) is 4.39 Å². The van der Waals surface area contributed by atoms with Gasteiger partial charge in [-0.1, -0.05) is 13.0 Å². The Labute approximate surface area is 112 Å². The van der Waals surface area contributed by atoms with Gasteiger partial charge in [0, 0.05) is 5.56 Å². The monoisotopic (exact) mass is 263 g/mol. The van der Waals surface area contributed by atoms with Crippen LogP contribution in [-0.4, -0.2) is 6.54 Å². The van der Waals surface area contributed by atoms with Crippen LogP contribution in [0.5, 0.6) is 0 Å². The van der Waals surface area contributed by atoms with E-state index in [9.17, 15) is 4.39 Å². The molecular formula is C15H18FNS. The average molecular weight is 263 g/mol. The fraction of sp³-hybridized carbons (Fsp3) is 0.333. The number of aryl methyl sites for hydroxylation is 2. The van der Waals surface area contributed by atoms with Crippen LogP contribution in [0.2, 0.25) is 0 Å². The molecule has 0 radical (unpaired) electrons. The van der Waals surface area contributed by atoms with Crippen molar-refractivity contribution in [2.45, 2.75) is 26.8 Å². The quantitative estimate of drug-likeness (QED) is 0.871. The van der Waals surface area contributed by atoms with E-state index in [1.807, 2.05) is 32.2 Å². The predicted octanol–water partition coefficient (Wildman–Crippen LogP) is 4.20. The van der Waals surface area contributed by atoms with Gasteiger partial charge in [0.25, 0.3) is 0 Å². The maximum absolute atomic E-state index is 14.2. The molecule has 1 heterocycles. The Morgan fingerprint density at radius 3 is 2.67 bits per heavy atom. The summed E-state index contributed by atoms with van der Waals surface area (Å²) < 4.78 is 14.2. The van der Waals surface area contributed by atoms with E-state index in [2.05, 4.69) is 16.8 Å². The SMILES string of the molecule is CCNC(c1ccsc1)c1c(C)cc(C)cc1F. The molecule has 0 amide bonds. The predicted molar refractivity (Wildman–Crippen MR) is 75.7 cm³/mol. The zero-order valence-corrected chi connectivity index (χ0v) is 11.8. The molecule has 18 heavy (non-hydrogen) atoms. The summed E-state index contributed by atoms with van der Waals surface area (Å²) in [6.07, 6.45) is 0. The first-order chi connectivity index (χ1) is 8.63. The first kappa shape index (κ1) is 13.2. The summed E-state index contributed by atoms with van der Waals surface area (Å²) in [7, 11) is 0. The number of thiophene rings is 1. The number of benzene rings is 1. The van der Waals surface area contributed by atoms with Crippen molar-refractivity contribution in [3.05, 3.63) is 57.0 Å². The number of halogens is 1. The van der Waals surface area contributed by atoms with Crippen molar-refractivity contribution in [2.24, 2.45) is 0 Å². The molecule has 1 nitrogen and oxygen atoms in total. The van der Waals surface area contributed by atoms with Crippen LogP contribution in [0.25, 0.3) is 0 Å². The van der Waals surface area contributed by atoms with Gasteiger partial charge in [0.1, 0.15) is 5.82 Å². The van der Waals surface area contributed by atoms with Gasteiger partial charge in [0.2, 0.25) is 0 Å². The van der Waals surface area contributed by atoms with Crippen molar-refractivity contribution in [3.8, 4) is 0 Å². The Balaban J connectivity index is 2.49. The topological polar surface area (TPSA) is 12.0 Å². The first-order valence-electron chi connectivity index (χ1n) is 6.15. The highest BCUT2D eigenvalue weighted by molar-refractivity contribution is 7.08. The van der Waals surface area contributed by atoms with Crippen LogP contribution in [-0.2, 0) is 0 Å².